The maximum Gasteiger partial charge on any atom is 0.195 e. The molecule has 2 aliphatic rings. The van der Waals surface area contributed by atoms with E-state index in [0.717, 1.165) is 0 Å². The minimum absolute atomic E-state index is 0.0488. The number of aromatic nitrogens is 1. The first kappa shape index (κ1) is 17.8. The van der Waals surface area contributed by atoms with Crippen LogP contribution < -0.4 is 0 Å². The summed E-state index contributed by atoms with van der Waals surface area (Å²) in [6.07, 6.45) is 2.08. The predicted molar refractivity (Wildman–Crippen MR) is 93.6 cm³/mol. The van der Waals surface area contributed by atoms with Crippen LogP contribution in [0.5, 0.6) is 0 Å². The lowest BCUT2D eigenvalue weighted by Gasteiger charge is -2.33. The summed E-state index contributed by atoms with van der Waals surface area (Å²) >= 11 is 11.6. The summed E-state index contributed by atoms with van der Waals surface area (Å²) in [6.45, 7) is 0.501. The van der Waals surface area contributed by atoms with Gasteiger partial charge >= 0.3 is 0 Å². The van der Waals surface area contributed by atoms with Crippen molar-refractivity contribution in [3.8, 4) is 0 Å². The Hall–Kier alpha value is -1.56. The normalized spacial score (nSPS) is 26.6. The van der Waals surface area contributed by atoms with E-state index in [0.29, 0.717) is 24.3 Å². The SMILES string of the molecule is O=C(CCc1ccc(Cl)c(F)c1Cl)[C@]1(F)CC[C@@]2(CO2)c2ncccc21. The summed E-state index contributed by atoms with van der Waals surface area (Å²) in [5.41, 5.74) is -1.43. The zero-order valence-electron chi connectivity index (χ0n) is 13.7. The highest BCUT2D eigenvalue weighted by Gasteiger charge is 2.58. The second-order valence-electron chi connectivity index (χ2n) is 6.74. The van der Waals surface area contributed by atoms with Crippen molar-refractivity contribution in [2.24, 2.45) is 0 Å². The molecule has 2 atom stereocenters. The fraction of sp³-hybridized carbons (Fsp3) is 0.368. The van der Waals surface area contributed by atoms with Gasteiger partial charge in [-0.1, -0.05) is 35.3 Å². The van der Waals surface area contributed by atoms with Crippen molar-refractivity contribution in [1.82, 2.24) is 4.98 Å². The average Bonchev–Trinajstić information content (AvgIpc) is 3.43. The van der Waals surface area contributed by atoms with Gasteiger partial charge in [0.15, 0.2) is 17.3 Å². The minimum atomic E-state index is -2.11. The monoisotopic (exact) mass is 397 g/mol. The van der Waals surface area contributed by atoms with Gasteiger partial charge in [-0.25, -0.2) is 8.78 Å². The number of nitrogens with zero attached hydrogens (tertiary/aromatic N) is 1. The van der Waals surface area contributed by atoms with Crippen molar-refractivity contribution < 1.29 is 18.3 Å². The zero-order chi connectivity index (χ0) is 18.5. The molecule has 0 saturated carbocycles. The number of epoxide rings is 1. The Morgan fingerprint density at radius 2 is 2.04 bits per heavy atom. The number of halogens is 4. The van der Waals surface area contributed by atoms with Gasteiger partial charge in [0.25, 0.3) is 0 Å². The van der Waals surface area contributed by atoms with E-state index in [2.05, 4.69) is 4.98 Å². The quantitative estimate of drug-likeness (QED) is 0.543. The van der Waals surface area contributed by atoms with Crippen molar-refractivity contribution >= 4 is 29.0 Å². The van der Waals surface area contributed by atoms with Crippen molar-refractivity contribution in [1.29, 1.82) is 0 Å². The number of aryl methyl sites for hydroxylation is 1. The van der Waals surface area contributed by atoms with E-state index < -0.39 is 22.9 Å². The van der Waals surface area contributed by atoms with Crippen LogP contribution in [0.2, 0.25) is 10.0 Å². The molecular weight excluding hydrogens is 383 g/mol. The number of rotatable bonds is 4. The number of ketones is 1. The van der Waals surface area contributed by atoms with Gasteiger partial charge in [-0.05, 0) is 37.0 Å². The molecule has 0 N–H and O–H groups in total. The van der Waals surface area contributed by atoms with Crippen LogP contribution in [0, 0.1) is 5.82 Å². The summed E-state index contributed by atoms with van der Waals surface area (Å²) in [7, 11) is 0. The van der Waals surface area contributed by atoms with E-state index in [-0.39, 0.29) is 34.9 Å². The van der Waals surface area contributed by atoms with Crippen LogP contribution in [0.3, 0.4) is 0 Å². The third-order valence-corrected chi connectivity index (χ3v) is 5.91. The lowest BCUT2D eigenvalue weighted by Crippen LogP contribution is -2.39. The van der Waals surface area contributed by atoms with Gasteiger partial charge < -0.3 is 4.74 Å². The van der Waals surface area contributed by atoms with Crippen molar-refractivity contribution in [2.45, 2.75) is 37.0 Å². The van der Waals surface area contributed by atoms with E-state index >= 15 is 4.39 Å². The molecule has 1 spiro atoms. The molecule has 26 heavy (non-hydrogen) atoms. The topological polar surface area (TPSA) is 42.5 Å². The summed E-state index contributed by atoms with van der Waals surface area (Å²) in [4.78, 5) is 17.0. The van der Waals surface area contributed by atoms with Crippen LogP contribution in [0.4, 0.5) is 8.78 Å². The molecule has 4 rings (SSSR count). The highest BCUT2D eigenvalue weighted by Crippen LogP contribution is 2.53. The Kier molecular flexibility index (Phi) is 4.29. The molecular formula is C19H15Cl2F2NO2. The first-order chi connectivity index (χ1) is 12.4. The van der Waals surface area contributed by atoms with Gasteiger partial charge in [-0.15, -0.1) is 0 Å². The van der Waals surface area contributed by atoms with E-state index in [9.17, 15) is 9.18 Å². The van der Waals surface area contributed by atoms with Crippen LogP contribution in [-0.4, -0.2) is 17.4 Å². The molecule has 1 saturated heterocycles. The van der Waals surface area contributed by atoms with Crippen molar-refractivity contribution in [2.75, 3.05) is 6.61 Å². The molecule has 2 heterocycles. The largest absolute Gasteiger partial charge is 0.363 e. The number of Topliss-reactive ketones (excluding diaryl/α,β-unsaturated/α-hetero) is 1. The fourth-order valence-electron chi connectivity index (χ4n) is 3.58. The molecule has 136 valence electrons. The number of fused-ring (bicyclic) bond motifs is 2. The Balaban J connectivity index is 1.58. The maximum absolute atomic E-state index is 15.7. The highest BCUT2D eigenvalue weighted by molar-refractivity contribution is 6.35. The summed E-state index contributed by atoms with van der Waals surface area (Å²) in [5, 5.41) is -0.219. The molecule has 1 fully saturated rings. The lowest BCUT2D eigenvalue weighted by atomic mass is 9.74. The number of alkyl halides is 1. The number of hydrogen-bond acceptors (Lipinski definition) is 3. The molecule has 0 radical (unpaired) electrons. The number of carbonyl (C=O) groups excluding carboxylic acids is 1. The second-order valence-corrected chi connectivity index (χ2v) is 7.53. The van der Waals surface area contributed by atoms with Crippen LogP contribution in [0.25, 0.3) is 0 Å². The molecule has 0 bridgehead atoms. The van der Waals surface area contributed by atoms with Gasteiger partial charge in [0.1, 0.15) is 5.60 Å². The van der Waals surface area contributed by atoms with Gasteiger partial charge in [0.2, 0.25) is 0 Å². The van der Waals surface area contributed by atoms with E-state index in [1.54, 1.807) is 24.4 Å². The number of ether oxygens (including phenoxy) is 1. The number of benzene rings is 1. The standard InChI is InChI=1S/C19H15Cl2F2NO2/c20-13-5-3-11(15(21)16(13)22)4-6-14(25)19(23)8-7-18(10-26-18)17-12(19)2-1-9-24-17/h1-3,5,9H,4,6-8,10H2/t18-,19+/m1/s1. The predicted octanol–water partition coefficient (Wildman–Crippen LogP) is 4.91. The molecule has 2 aromatic rings. The molecule has 0 amide bonds. The Morgan fingerprint density at radius 1 is 1.27 bits per heavy atom. The summed E-state index contributed by atoms with van der Waals surface area (Å²) in [5.74, 6) is -1.29. The van der Waals surface area contributed by atoms with Crippen molar-refractivity contribution in [3.63, 3.8) is 0 Å². The first-order valence-electron chi connectivity index (χ1n) is 8.32. The third-order valence-electron chi connectivity index (χ3n) is 5.21. The molecule has 1 aromatic carbocycles. The highest BCUT2D eigenvalue weighted by atomic mass is 35.5. The zero-order valence-corrected chi connectivity index (χ0v) is 15.2. The third kappa shape index (κ3) is 2.73. The van der Waals surface area contributed by atoms with Crippen molar-refractivity contribution in [3.05, 3.63) is 63.1 Å². The summed E-state index contributed by atoms with van der Waals surface area (Å²) < 4.78 is 35.0. The molecule has 1 aromatic heterocycles. The number of pyridine rings is 1. The molecule has 7 heteroatoms. The second kappa shape index (κ2) is 6.25. The van der Waals surface area contributed by atoms with Gasteiger partial charge in [0, 0.05) is 18.2 Å². The lowest BCUT2D eigenvalue weighted by molar-refractivity contribution is -0.132. The number of hydrogen-bond donors (Lipinski definition) is 0. The molecule has 1 aliphatic carbocycles. The van der Waals surface area contributed by atoms with E-state index in [1.165, 1.54) is 6.07 Å². The fourth-order valence-corrected chi connectivity index (χ4v) is 4.04. The van der Waals surface area contributed by atoms with Crippen LogP contribution in [-0.2, 0) is 27.2 Å². The average molecular weight is 398 g/mol. The van der Waals surface area contributed by atoms with Crippen LogP contribution in [0.1, 0.15) is 36.1 Å². The number of carbonyl (C=O) groups is 1. The van der Waals surface area contributed by atoms with E-state index in [4.69, 9.17) is 27.9 Å². The van der Waals surface area contributed by atoms with Gasteiger partial charge in [0.05, 0.1) is 22.3 Å². The Bertz CT molecular complexity index is 901. The molecule has 1 aliphatic heterocycles. The molecule has 0 unspecified atom stereocenters. The van der Waals surface area contributed by atoms with Crippen LogP contribution in [0.15, 0.2) is 30.5 Å². The Labute approximate surface area is 159 Å². The van der Waals surface area contributed by atoms with Gasteiger partial charge in [-0.2, -0.15) is 0 Å². The van der Waals surface area contributed by atoms with E-state index in [1.807, 2.05) is 0 Å². The van der Waals surface area contributed by atoms with Gasteiger partial charge in [-0.3, -0.25) is 9.78 Å². The first-order valence-corrected chi connectivity index (χ1v) is 9.07. The maximum atomic E-state index is 15.7. The Morgan fingerprint density at radius 3 is 2.77 bits per heavy atom. The minimum Gasteiger partial charge on any atom is -0.363 e. The molecule has 3 nitrogen and oxygen atoms in total. The smallest absolute Gasteiger partial charge is 0.195 e. The summed E-state index contributed by atoms with van der Waals surface area (Å²) in [6, 6.07) is 6.14. The van der Waals surface area contributed by atoms with Crippen LogP contribution >= 0.6 is 23.2 Å².